The van der Waals surface area contributed by atoms with Crippen LogP contribution in [0.25, 0.3) is 0 Å². The van der Waals surface area contributed by atoms with Gasteiger partial charge in [0.05, 0.1) is 11.5 Å². The Kier molecular flexibility index (Phi) is 3.45. The molecule has 3 heteroatoms. The molecule has 2 aliphatic rings. The summed E-state index contributed by atoms with van der Waals surface area (Å²) in [6.45, 7) is 10.6. The highest BCUT2D eigenvalue weighted by atomic mass is 16.5. The Balaban J connectivity index is 1.75. The summed E-state index contributed by atoms with van der Waals surface area (Å²) in [7, 11) is 0. The molecule has 21 heavy (non-hydrogen) atoms. The molecule has 1 aromatic rings. The largest absolute Gasteiger partial charge is 0.361 e. The number of rotatable bonds is 2. The van der Waals surface area contributed by atoms with Crippen LogP contribution in [0.3, 0.4) is 0 Å². The molecule has 1 unspecified atom stereocenters. The predicted molar refractivity (Wildman–Crippen MR) is 83.2 cm³/mol. The van der Waals surface area contributed by atoms with Gasteiger partial charge in [-0.25, -0.2) is 0 Å². The molecular weight excluding hydrogens is 262 g/mol. The van der Waals surface area contributed by atoms with Gasteiger partial charge in [0.2, 0.25) is 0 Å². The first-order valence-electron chi connectivity index (χ1n) is 7.83. The van der Waals surface area contributed by atoms with Crippen molar-refractivity contribution in [3.05, 3.63) is 35.4 Å². The van der Waals surface area contributed by atoms with Crippen LogP contribution in [-0.2, 0) is 22.5 Å². The van der Waals surface area contributed by atoms with Gasteiger partial charge in [-0.1, -0.05) is 24.3 Å². The van der Waals surface area contributed by atoms with Crippen LogP contribution in [0.2, 0.25) is 0 Å². The van der Waals surface area contributed by atoms with Gasteiger partial charge in [-0.15, -0.1) is 0 Å². The number of ether oxygens (including phenoxy) is 1. The fourth-order valence-corrected chi connectivity index (χ4v) is 3.79. The number of hydrogen-bond acceptors (Lipinski definition) is 3. The van der Waals surface area contributed by atoms with Gasteiger partial charge in [-0.3, -0.25) is 9.69 Å². The monoisotopic (exact) mass is 287 g/mol. The summed E-state index contributed by atoms with van der Waals surface area (Å²) in [5.41, 5.74) is 1.81. The zero-order valence-electron chi connectivity index (χ0n) is 13.5. The van der Waals surface area contributed by atoms with Gasteiger partial charge < -0.3 is 4.74 Å². The van der Waals surface area contributed by atoms with Crippen LogP contribution >= 0.6 is 0 Å². The maximum atomic E-state index is 12.6. The number of benzene rings is 1. The van der Waals surface area contributed by atoms with E-state index in [0.717, 1.165) is 26.1 Å². The molecule has 0 radical (unpaired) electrons. The first-order valence-corrected chi connectivity index (χ1v) is 7.83. The molecule has 0 bridgehead atoms. The molecule has 1 aromatic carbocycles. The van der Waals surface area contributed by atoms with E-state index >= 15 is 0 Å². The van der Waals surface area contributed by atoms with Crippen molar-refractivity contribution in [2.24, 2.45) is 5.92 Å². The van der Waals surface area contributed by atoms with E-state index < -0.39 is 5.60 Å². The van der Waals surface area contributed by atoms with E-state index in [4.69, 9.17) is 4.74 Å². The van der Waals surface area contributed by atoms with Crippen molar-refractivity contribution in [2.45, 2.75) is 51.9 Å². The summed E-state index contributed by atoms with van der Waals surface area (Å²) in [5.74, 6) is 0.198. The summed E-state index contributed by atoms with van der Waals surface area (Å²) in [4.78, 5) is 15.0. The van der Waals surface area contributed by atoms with Crippen molar-refractivity contribution >= 4 is 5.78 Å². The second-order valence-electron chi connectivity index (χ2n) is 7.39. The summed E-state index contributed by atoms with van der Waals surface area (Å²) in [6.07, 6.45) is 1.07. The Bertz CT molecular complexity index is 562. The fourth-order valence-electron chi connectivity index (χ4n) is 3.79. The van der Waals surface area contributed by atoms with E-state index in [-0.39, 0.29) is 17.3 Å². The summed E-state index contributed by atoms with van der Waals surface area (Å²) in [6, 6.07) is 8.61. The van der Waals surface area contributed by atoms with E-state index in [9.17, 15) is 4.79 Å². The van der Waals surface area contributed by atoms with Crippen molar-refractivity contribution in [2.75, 3.05) is 13.1 Å². The second-order valence-corrected chi connectivity index (χ2v) is 7.39. The van der Waals surface area contributed by atoms with Crippen LogP contribution in [0.15, 0.2) is 24.3 Å². The van der Waals surface area contributed by atoms with Gasteiger partial charge >= 0.3 is 0 Å². The second kappa shape index (κ2) is 4.92. The molecule has 1 fully saturated rings. The van der Waals surface area contributed by atoms with Crippen LogP contribution < -0.4 is 0 Å². The minimum atomic E-state index is -0.651. The molecule has 2 heterocycles. The molecule has 114 valence electrons. The normalized spacial score (nSPS) is 27.6. The van der Waals surface area contributed by atoms with E-state index in [2.05, 4.69) is 29.2 Å². The van der Waals surface area contributed by atoms with Gasteiger partial charge in [-0.2, -0.15) is 0 Å². The summed E-state index contributed by atoms with van der Waals surface area (Å²) in [5, 5.41) is 0. The van der Waals surface area contributed by atoms with Crippen LogP contribution in [0.4, 0.5) is 0 Å². The number of carbonyl (C=O) groups is 1. The molecule has 3 nitrogen and oxygen atoms in total. The molecule has 0 aromatic heterocycles. The van der Waals surface area contributed by atoms with E-state index in [1.54, 1.807) is 0 Å². The quantitative estimate of drug-likeness (QED) is 0.837. The van der Waals surface area contributed by atoms with Crippen molar-refractivity contribution in [3.63, 3.8) is 0 Å². The standard InChI is InChI=1S/C18H25NO2/c1-17(2)15(16(20)18(3,4)21-17)12-19-10-9-13-7-5-6-8-14(13)11-19/h5-8,15H,9-12H2,1-4H3. The first-order chi connectivity index (χ1) is 9.79. The fraction of sp³-hybridized carbons (Fsp3) is 0.611. The van der Waals surface area contributed by atoms with Gasteiger partial charge in [0, 0.05) is 19.6 Å². The lowest BCUT2D eigenvalue weighted by atomic mass is 9.85. The lowest BCUT2D eigenvalue weighted by Crippen LogP contribution is -2.42. The van der Waals surface area contributed by atoms with Gasteiger partial charge in [0.15, 0.2) is 5.78 Å². The molecule has 0 amide bonds. The zero-order chi connectivity index (χ0) is 15.3. The average molecular weight is 287 g/mol. The lowest BCUT2D eigenvalue weighted by molar-refractivity contribution is -0.132. The minimum absolute atomic E-state index is 0.0437. The number of nitrogens with zero attached hydrogens (tertiary/aromatic N) is 1. The van der Waals surface area contributed by atoms with Crippen molar-refractivity contribution in [3.8, 4) is 0 Å². The molecule has 2 aliphatic heterocycles. The third-order valence-corrected chi connectivity index (χ3v) is 4.92. The van der Waals surface area contributed by atoms with Crippen LogP contribution in [0.1, 0.15) is 38.8 Å². The number of carbonyl (C=O) groups excluding carboxylic acids is 1. The Morgan fingerprint density at radius 2 is 1.86 bits per heavy atom. The number of ketones is 1. The van der Waals surface area contributed by atoms with Crippen LogP contribution in [0.5, 0.6) is 0 Å². The molecular formula is C18H25NO2. The van der Waals surface area contributed by atoms with Crippen molar-refractivity contribution in [1.29, 1.82) is 0 Å². The highest BCUT2D eigenvalue weighted by Gasteiger charge is 2.53. The maximum Gasteiger partial charge on any atom is 0.171 e. The number of Topliss-reactive ketones (excluding diaryl/α,β-unsaturated/α-hetero) is 1. The third-order valence-electron chi connectivity index (χ3n) is 4.92. The van der Waals surface area contributed by atoms with E-state index in [1.165, 1.54) is 11.1 Å². The SMILES string of the molecule is CC1(C)OC(C)(C)C(CN2CCc3ccccc3C2)C1=O. The first kappa shape index (κ1) is 14.7. The third kappa shape index (κ3) is 2.65. The Labute approximate surface area is 127 Å². The van der Waals surface area contributed by atoms with Crippen molar-refractivity contribution in [1.82, 2.24) is 4.90 Å². The Morgan fingerprint density at radius 1 is 1.19 bits per heavy atom. The Hall–Kier alpha value is -1.19. The smallest absolute Gasteiger partial charge is 0.171 e. The van der Waals surface area contributed by atoms with Crippen molar-refractivity contribution < 1.29 is 9.53 Å². The van der Waals surface area contributed by atoms with Gasteiger partial charge in [0.25, 0.3) is 0 Å². The molecule has 0 spiro atoms. The molecule has 1 saturated heterocycles. The molecule has 0 saturated carbocycles. The molecule has 3 rings (SSSR count). The highest BCUT2D eigenvalue weighted by molar-refractivity contribution is 5.91. The van der Waals surface area contributed by atoms with Crippen LogP contribution in [-0.4, -0.2) is 35.0 Å². The molecule has 0 N–H and O–H groups in total. The van der Waals surface area contributed by atoms with Gasteiger partial charge in [0.1, 0.15) is 5.60 Å². The maximum absolute atomic E-state index is 12.6. The van der Waals surface area contributed by atoms with Gasteiger partial charge in [-0.05, 0) is 45.2 Å². The predicted octanol–water partition coefficient (Wildman–Crippen LogP) is 2.82. The molecule has 0 aliphatic carbocycles. The highest BCUT2D eigenvalue weighted by Crippen LogP contribution is 2.39. The lowest BCUT2D eigenvalue weighted by Gasteiger charge is -2.33. The van der Waals surface area contributed by atoms with E-state index in [0.29, 0.717) is 0 Å². The van der Waals surface area contributed by atoms with Crippen LogP contribution in [0, 0.1) is 5.92 Å². The Morgan fingerprint density at radius 3 is 2.48 bits per heavy atom. The number of fused-ring (bicyclic) bond motifs is 1. The topological polar surface area (TPSA) is 29.5 Å². The minimum Gasteiger partial charge on any atom is -0.361 e. The van der Waals surface area contributed by atoms with E-state index in [1.807, 2.05) is 27.7 Å². The zero-order valence-corrected chi connectivity index (χ0v) is 13.5. The number of hydrogen-bond donors (Lipinski definition) is 0. The molecule has 1 atom stereocenters. The summed E-state index contributed by atoms with van der Waals surface area (Å²) >= 11 is 0. The summed E-state index contributed by atoms with van der Waals surface area (Å²) < 4.78 is 6.00. The average Bonchev–Trinajstić information content (AvgIpc) is 2.57.